The number of hydrogen-bond donors (Lipinski definition) is 1. The normalized spacial score (nSPS) is 13.9. The Kier molecular flexibility index (Phi) is 10.4. The maximum absolute atomic E-state index is 12.1. The van der Waals surface area contributed by atoms with Crippen LogP contribution in [0.5, 0.6) is 11.5 Å². The number of cyclic esters (lactones) is 1. The molecule has 0 saturated carbocycles. The van der Waals surface area contributed by atoms with Gasteiger partial charge >= 0.3 is 20.5 Å². The van der Waals surface area contributed by atoms with Gasteiger partial charge in [-0.15, -0.1) is 0 Å². The molecule has 1 N–H and O–H groups in total. The van der Waals surface area contributed by atoms with Crippen molar-refractivity contribution in [3.8, 4) is 11.5 Å². The van der Waals surface area contributed by atoms with Crippen LogP contribution in [0.15, 0.2) is 35.9 Å². The van der Waals surface area contributed by atoms with Gasteiger partial charge < -0.3 is 24.2 Å². The van der Waals surface area contributed by atoms with Crippen molar-refractivity contribution >= 4 is 20.5 Å². The van der Waals surface area contributed by atoms with Crippen LogP contribution in [-0.4, -0.2) is 41.1 Å². The molecule has 0 amide bonds. The molecule has 0 spiro atoms. The molecule has 1 heterocycles. The molecule has 10 heteroatoms. The van der Waals surface area contributed by atoms with Crippen LogP contribution in [0.1, 0.15) is 65.9 Å². The van der Waals surface area contributed by atoms with Crippen LogP contribution in [0.4, 0.5) is 0 Å². The van der Waals surface area contributed by atoms with Gasteiger partial charge in [0.2, 0.25) is 0 Å². The fraction of sp³-hybridized carbons (Fsp3) is 0.429. The summed E-state index contributed by atoms with van der Waals surface area (Å²) in [4.78, 5) is 31.0. The summed E-state index contributed by atoms with van der Waals surface area (Å²) < 4.78 is 27.7. The van der Waals surface area contributed by atoms with Crippen LogP contribution in [0.2, 0.25) is 0 Å². The highest BCUT2D eigenvalue weighted by Gasteiger charge is 2.32. The summed E-state index contributed by atoms with van der Waals surface area (Å²) in [6.07, 6.45) is 3.16. The monoisotopic (exact) mass is 544 g/mol. The Balaban J connectivity index is 1.66. The zero-order valence-corrected chi connectivity index (χ0v) is 23.5. The quantitative estimate of drug-likeness (QED) is 0.159. The summed E-state index contributed by atoms with van der Waals surface area (Å²) in [6.45, 7) is 10.1. The molecule has 9 nitrogen and oxygen atoms in total. The van der Waals surface area contributed by atoms with Gasteiger partial charge in [-0.05, 0) is 62.3 Å². The van der Waals surface area contributed by atoms with Crippen molar-refractivity contribution < 1.29 is 38.3 Å². The van der Waals surface area contributed by atoms with Crippen LogP contribution in [0.25, 0.3) is 0 Å². The third-order valence-electron chi connectivity index (χ3n) is 6.48. The van der Waals surface area contributed by atoms with Crippen molar-refractivity contribution in [3.05, 3.63) is 69.3 Å². The molecule has 0 radical (unpaired) electrons. The van der Waals surface area contributed by atoms with E-state index in [1.807, 2.05) is 39.0 Å². The number of nitrogens with zero attached hydrogens (tertiary/aromatic N) is 1. The second-order valence-electron chi connectivity index (χ2n) is 9.01. The predicted molar refractivity (Wildman–Crippen MR) is 142 cm³/mol. The lowest BCUT2D eigenvalue weighted by Gasteiger charge is -2.17. The van der Waals surface area contributed by atoms with E-state index in [9.17, 15) is 19.3 Å². The lowest BCUT2D eigenvalue weighted by molar-refractivity contribution is -0.153. The number of phenolic OH excluding ortho intramolecular Hbond substituents is 1. The van der Waals surface area contributed by atoms with Gasteiger partial charge in [0.05, 0.1) is 24.7 Å². The third kappa shape index (κ3) is 6.59. The fourth-order valence-electron chi connectivity index (χ4n) is 4.35. The number of rotatable bonds is 13. The topological polar surface area (TPSA) is 112 Å². The number of phenols is 1. The average Bonchev–Trinajstić information content (AvgIpc) is 3.30. The summed E-state index contributed by atoms with van der Waals surface area (Å²) in [7, 11) is -1.01. The van der Waals surface area contributed by atoms with Crippen LogP contribution >= 0.6 is 8.61 Å². The molecule has 2 aromatic carbocycles. The van der Waals surface area contributed by atoms with E-state index < -0.39 is 26.6 Å². The van der Waals surface area contributed by atoms with Crippen molar-refractivity contribution in [1.29, 1.82) is 0 Å². The van der Waals surface area contributed by atoms with Crippen molar-refractivity contribution in [3.63, 3.8) is 0 Å². The molecular weight excluding hydrogens is 509 g/mol. The number of benzene rings is 2. The molecular formula is C28H35NO8P+. The molecule has 0 fully saturated rings. The number of hydroxylamine groups is 1. The van der Waals surface area contributed by atoms with Gasteiger partial charge in [-0.1, -0.05) is 36.8 Å². The number of carbonyl (C=O) groups excluding carboxylic acids is 2. The lowest BCUT2D eigenvalue weighted by Crippen LogP contribution is -2.36. The van der Waals surface area contributed by atoms with Gasteiger partial charge in [-0.3, -0.25) is 4.79 Å². The highest BCUT2D eigenvalue weighted by Crippen LogP contribution is 2.38. The van der Waals surface area contributed by atoms with Gasteiger partial charge in [0.25, 0.3) is 0 Å². The molecule has 2 aromatic rings. The number of hydrogen-bond acceptors (Lipinski definition) is 8. The minimum absolute atomic E-state index is 0.00155. The highest BCUT2D eigenvalue weighted by molar-refractivity contribution is 7.20. The summed E-state index contributed by atoms with van der Waals surface area (Å²) in [6, 6.07) is 6.30. The Labute approximate surface area is 224 Å². The standard InChI is InChI=1S/C28H34NO8P/c1-6-21-18(4)23-16-36-28(32)25(23)26(30)22(21)13-12-17(3)14-34-15-20-10-8-9-11-24(20)37-29(38-33)19(5)27(31)35-7-2/h8-12,19,30H,6-7,13-16H2,1-5H3/p+1. The largest absolute Gasteiger partial charge is 0.507 e. The maximum atomic E-state index is 12.1. The van der Waals surface area contributed by atoms with E-state index in [0.717, 1.165) is 44.6 Å². The first-order valence-electron chi connectivity index (χ1n) is 12.6. The summed E-state index contributed by atoms with van der Waals surface area (Å²) >= 11 is 0. The van der Waals surface area contributed by atoms with Gasteiger partial charge in [0, 0.05) is 16.7 Å². The fourth-order valence-corrected chi connectivity index (χ4v) is 4.75. The van der Waals surface area contributed by atoms with Crippen molar-refractivity contribution in [2.75, 3.05) is 13.2 Å². The van der Waals surface area contributed by atoms with Crippen molar-refractivity contribution in [2.45, 2.75) is 66.7 Å². The molecule has 0 bridgehead atoms. The summed E-state index contributed by atoms with van der Waals surface area (Å²) in [5.74, 6) is -0.589. The lowest BCUT2D eigenvalue weighted by atomic mass is 9.89. The average molecular weight is 545 g/mol. The Morgan fingerprint density at radius 1 is 1.26 bits per heavy atom. The summed E-state index contributed by atoms with van der Waals surface area (Å²) in [5, 5.41) is 10.9. The van der Waals surface area contributed by atoms with Crippen LogP contribution in [0.3, 0.4) is 0 Å². The van der Waals surface area contributed by atoms with E-state index in [1.165, 1.54) is 0 Å². The molecule has 1 aliphatic heterocycles. The number of carbonyl (C=O) groups is 2. The molecule has 1 aliphatic rings. The Bertz CT molecular complexity index is 1230. The first kappa shape index (κ1) is 29.3. The molecule has 2 unspecified atom stereocenters. The molecule has 0 aromatic heterocycles. The van der Waals surface area contributed by atoms with E-state index in [1.54, 1.807) is 26.0 Å². The van der Waals surface area contributed by atoms with E-state index in [4.69, 9.17) is 19.0 Å². The SMILES string of the molecule is CCOC(=O)C(C)N(Oc1ccccc1COCC(C)=CCc1c(O)c2c(c(C)c1CC)COC2=O)[PH+]=O. The van der Waals surface area contributed by atoms with Gasteiger partial charge in [0.1, 0.15) is 17.9 Å². The third-order valence-corrected chi connectivity index (χ3v) is 7.14. The Hall–Kier alpha value is -3.26. The van der Waals surface area contributed by atoms with E-state index in [2.05, 4.69) is 0 Å². The molecule has 204 valence electrons. The molecule has 0 saturated heterocycles. The van der Waals surface area contributed by atoms with E-state index in [0.29, 0.717) is 18.8 Å². The number of esters is 2. The Morgan fingerprint density at radius 2 is 2.00 bits per heavy atom. The second-order valence-corrected chi connectivity index (χ2v) is 9.63. The van der Waals surface area contributed by atoms with E-state index in [-0.39, 0.29) is 31.1 Å². The number of ether oxygens (including phenoxy) is 3. The minimum Gasteiger partial charge on any atom is -0.507 e. The number of para-hydroxylation sites is 1. The van der Waals surface area contributed by atoms with Crippen molar-refractivity contribution in [1.82, 2.24) is 4.83 Å². The van der Waals surface area contributed by atoms with Crippen LogP contribution in [-0.2, 0) is 49.6 Å². The molecule has 0 aliphatic carbocycles. The molecule has 38 heavy (non-hydrogen) atoms. The second kappa shape index (κ2) is 13.5. The van der Waals surface area contributed by atoms with Crippen LogP contribution in [0, 0.1) is 6.92 Å². The smallest absolute Gasteiger partial charge is 0.457 e. The maximum Gasteiger partial charge on any atom is 0.457 e. The van der Waals surface area contributed by atoms with Gasteiger partial charge in [0.15, 0.2) is 11.8 Å². The zero-order valence-electron chi connectivity index (χ0n) is 22.5. The Morgan fingerprint density at radius 3 is 2.68 bits per heavy atom. The number of aromatic hydroxyl groups is 1. The van der Waals surface area contributed by atoms with Gasteiger partial charge in [-0.25, -0.2) is 4.79 Å². The van der Waals surface area contributed by atoms with Crippen molar-refractivity contribution in [2.24, 2.45) is 0 Å². The first-order chi connectivity index (χ1) is 18.2. The first-order valence-corrected chi connectivity index (χ1v) is 13.4. The van der Waals surface area contributed by atoms with E-state index >= 15 is 0 Å². The number of allylic oxidation sites excluding steroid dienone is 1. The molecule has 2 atom stereocenters. The van der Waals surface area contributed by atoms with Gasteiger partial charge in [-0.2, -0.15) is 0 Å². The predicted octanol–water partition coefficient (Wildman–Crippen LogP) is 5.13. The zero-order chi connectivity index (χ0) is 27.8. The van der Waals surface area contributed by atoms with Crippen LogP contribution < -0.4 is 4.84 Å². The summed E-state index contributed by atoms with van der Waals surface area (Å²) in [5.41, 5.74) is 5.46. The number of fused-ring (bicyclic) bond motifs is 1. The highest BCUT2D eigenvalue weighted by atomic mass is 31.1. The minimum atomic E-state index is -1.01. The molecule has 3 rings (SSSR count).